The number of benzene rings is 2. The lowest BCUT2D eigenvalue weighted by atomic mass is 10.0. The molecule has 0 fully saturated rings. The second kappa shape index (κ2) is 7.62. The second-order valence-electron chi connectivity index (χ2n) is 6.12. The fraction of sp³-hybridized carbons (Fsp3) is 0.286. The van der Waals surface area contributed by atoms with E-state index in [0.29, 0.717) is 35.7 Å². The van der Waals surface area contributed by atoms with Crippen molar-refractivity contribution in [2.75, 3.05) is 27.4 Å². The summed E-state index contributed by atoms with van der Waals surface area (Å²) in [6.45, 7) is 4.97. The van der Waals surface area contributed by atoms with E-state index in [4.69, 9.17) is 18.6 Å². The Kier molecular flexibility index (Phi) is 5.28. The molecule has 0 saturated heterocycles. The SMILES string of the molecule is COCCOc1c(C)cc(-c2cc(=O)c3cc(OC)ccc3o2)cc1C. The zero-order valence-corrected chi connectivity index (χ0v) is 15.4. The third-order valence-electron chi connectivity index (χ3n) is 4.21. The lowest BCUT2D eigenvalue weighted by Gasteiger charge is -2.14. The van der Waals surface area contributed by atoms with Crippen molar-refractivity contribution in [3.8, 4) is 22.8 Å². The maximum absolute atomic E-state index is 12.5. The van der Waals surface area contributed by atoms with E-state index in [1.165, 1.54) is 6.07 Å². The molecule has 26 heavy (non-hydrogen) atoms. The van der Waals surface area contributed by atoms with Crippen LogP contribution in [0.2, 0.25) is 0 Å². The third-order valence-corrected chi connectivity index (χ3v) is 4.21. The summed E-state index contributed by atoms with van der Waals surface area (Å²) in [6.07, 6.45) is 0. The largest absolute Gasteiger partial charge is 0.497 e. The maximum Gasteiger partial charge on any atom is 0.193 e. The van der Waals surface area contributed by atoms with Crippen molar-refractivity contribution in [3.05, 3.63) is 57.7 Å². The van der Waals surface area contributed by atoms with Gasteiger partial charge in [-0.2, -0.15) is 0 Å². The second-order valence-corrected chi connectivity index (χ2v) is 6.12. The zero-order valence-electron chi connectivity index (χ0n) is 15.4. The summed E-state index contributed by atoms with van der Waals surface area (Å²) in [5.74, 6) is 1.99. The van der Waals surface area contributed by atoms with Gasteiger partial charge in [-0.15, -0.1) is 0 Å². The summed E-state index contributed by atoms with van der Waals surface area (Å²) in [7, 11) is 3.21. The summed E-state index contributed by atoms with van der Waals surface area (Å²) in [4.78, 5) is 12.5. The van der Waals surface area contributed by atoms with Crippen LogP contribution in [-0.4, -0.2) is 27.4 Å². The quantitative estimate of drug-likeness (QED) is 0.624. The number of hydrogen-bond acceptors (Lipinski definition) is 5. The van der Waals surface area contributed by atoms with Gasteiger partial charge in [-0.3, -0.25) is 4.79 Å². The summed E-state index contributed by atoms with van der Waals surface area (Å²) in [6, 6.07) is 10.7. The Labute approximate surface area is 152 Å². The molecule has 1 heterocycles. The fourth-order valence-corrected chi connectivity index (χ4v) is 2.95. The molecule has 3 aromatic rings. The monoisotopic (exact) mass is 354 g/mol. The number of methoxy groups -OCH3 is 2. The standard InChI is InChI=1S/C21H22O5/c1-13-9-15(10-14(2)21(13)25-8-7-23-3)20-12-18(22)17-11-16(24-4)5-6-19(17)26-20/h5-6,9-12H,7-8H2,1-4H3. The van der Waals surface area contributed by atoms with Gasteiger partial charge in [-0.25, -0.2) is 0 Å². The van der Waals surface area contributed by atoms with Crippen molar-refractivity contribution in [2.45, 2.75) is 13.8 Å². The Hall–Kier alpha value is -2.79. The van der Waals surface area contributed by atoms with Crippen LogP contribution in [0.1, 0.15) is 11.1 Å². The van der Waals surface area contributed by atoms with E-state index < -0.39 is 0 Å². The average molecular weight is 354 g/mol. The molecule has 5 heteroatoms. The summed E-state index contributed by atoms with van der Waals surface area (Å²) in [5, 5.41) is 0.501. The first-order valence-electron chi connectivity index (χ1n) is 8.38. The Morgan fingerprint density at radius 1 is 0.962 bits per heavy atom. The first-order chi connectivity index (χ1) is 12.5. The van der Waals surface area contributed by atoms with E-state index in [1.807, 2.05) is 26.0 Å². The molecule has 1 aromatic heterocycles. The zero-order chi connectivity index (χ0) is 18.7. The topological polar surface area (TPSA) is 57.9 Å². The molecule has 0 amide bonds. The highest BCUT2D eigenvalue weighted by Crippen LogP contribution is 2.31. The molecule has 0 atom stereocenters. The number of hydrogen-bond donors (Lipinski definition) is 0. The lowest BCUT2D eigenvalue weighted by Crippen LogP contribution is -2.06. The van der Waals surface area contributed by atoms with E-state index in [9.17, 15) is 4.79 Å². The minimum absolute atomic E-state index is 0.101. The van der Waals surface area contributed by atoms with Gasteiger partial charge >= 0.3 is 0 Å². The van der Waals surface area contributed by atoms with E-state index in [2.05, 4.69) is 0 Å². The number of fused-ring (bicyclic) bond motifs is 1. The lowest BCUT2D eigenvalue weighted by molar-refractivity contribution is 0.145. The fourth-order valence-electron chi connectivity index (χ4n) is 2.95. The summed E-state index contributed by atoms with van der Waals surface area (Å²) >= 11 is 0. The highest BCUT2D eigenvalue weighted by atomic mass is 16.5. The van der Waals surface area contributed by atoms with Crippen LogP contribution in [0.5, 0.6) is 11.5 Å². The Morgan fingerprint density at radius 2 is 1.69 bits per heavy atom. The predicted octanol–water partition coefficient (Wildman–Crippen LogP) is 4.11. The van der Waals surface area contributed by atoms with Crippen LogP contribution in [-0.2, 0) is 4.74 Å². The van der Waals surface area contributed by atoms with Gasteiger partial charge in [0.1, 0.15) is 29.4 Å². The van der Waals surface area contributed by atoms with Gasteiger partial charge in [0.15, 0.2) is 5.43 Å². The molecule has 0 radical (unpaired) electrons. The molecule has 0 N–H and O–H groups in total. The molecule has 0 spiro atoms. The van der Waals surface area contributed by atoms with Crippen LogP contribution in [0.15, 0.2) is 45.6 Å². The first-order valence-corrected chi connectivity index (χ1v) is 8.38. The number of ether oxygens (including phenoxy) is 3. The van der Waals surface area contributed by atoms with Gasteiger partial charge < -0.3 is 18.6 Å². The molecule has 2 aromatic carbocycles. The van der Waals surface area contributed by atoms with Crippen LogP contribution in [0.4, 0.5) is 0 Å². The van der Waals surface area contributed by atoms with Crippen molar-refractivity contribution in [3.63, 3.8) is 0 Å². The van der Waals surface area contributed by atoms with Crippen molar-refractivity contribution in [1.82, 2.24) is 0 Å². The van der Waals surface area contributed by atoms with Crippen LogP contribution in [0, 0.1) is 13.8 Å². The minimum atomic E-state index is -0.101. The van der Waals surface area contributed by atoms with Crippen LogP contribution >= 0.6 is 0 Å². The first kappa shape index (κ1) is 18.0. The molecule has 136 valence electrons. The van der Waals surface area contributed by atoms with Crippen molar-refractivity contribution in [1.29, 1.82) is 0 Å². The minimum Gasteiger partial charge on any atom is -0.497 e. The summed E-state index contributed by atoms with van der Waals surface area (Å²) in [5.41, 5.74) is 3.23. The normalized spacial score (nSPS) is 10.9. The number of rotatable bonds is 6. The molecule has 0 aliphatic carbocycles. The average Bonchev–Trinajstić information content (AvgIpc) is 2.63. The van der Waals surface area contributed by atoms with Crippen molar-refractivity contribution >= 4 is 11.0 Å². The van der Waals surface area contributed by atoms with Gasteiger partial charge in [0.25, 0.3) is 0 Å². The molecular formula is C21H22O5. The highest BCUT2D eigenvalue weighted by molar-refractivity contribution is 5.80. The maximum atomic E-state index is 12.5. The van der Waals surface area contributed by atoms with Crippen molar-refractivity contribution < 1.29 is 18.6 Å². The van der Waals surface area contributed by atoms with Gasteiger partial charge in [0, 0.05) is 18.7 Å². The molecular weight excluding hydrogens is 332 g/mol. The highest BCUT2D eigenvalue weighted by Gasteiger charge is 2.12. The molecule has 0 unspecified atom stereocenters. The molecule has 0 bridgehead atoms. The molecule has 3 rings (SSSR count). The van der Waals surface area contributed by atoms with E-state index in [1.54, 1.807) is 32.4 Å². The van der Waals surface area contributed by atoms with Crippen molar-refractivity contribution in [2.24, 2.45) is 0 Å². The smallest absolute Gasteiger partial charge is 0.193 e. The number of aryl methyl sites for hydroxylation is 2. The Bertz CT molecular complexity index is 964. The van der Waals surface area contributed by atoms with Gasteiger partial charge in [0.05, 0.1) is 19.1 Å². The third kappa shape index (κ3) is 3.58. The Morgan fingerprint density at radius 3 is 2.35 bits per heavy atom. The van der Waals surface area contributed by atoms with Crippen LogP contribution in [0.3, 0.4) is 0 Å². The molecule has 0 aliphatic rings. The predicted molar refractivity (Wildman–Crippen MR) is 101 cm³/mol. The molecule has 0 aliphatic heterocycles. The van der Waals surface area contributed by atoms with E-state index >= 15 is 0 Å². The van der Waals surface area contributed by atoms with E-state index in [-0.39, 0.29) is 5.43 Å². The van der Waals surface area contributed by atoms with Crippen LogP contribution < -0.4 is 14.9 Å². The van der Waals surface area contributed by atoms with Crippen LogP contribution in [0.25, 0.3) is 22.3 Å². The van der Waals surface area contributed by atoms with Gasteiger partial charge in [-0.05, 0) is 55.3 Å². The molecule has 0 saturated carbocycles. The van der Waals surface area contributed by atoms with E-state index in [0.717, 1.165) is 22.4 Å². The molecule has 5 nitrogen and oxygen atoms in total. The van der Waals surface area contributed by atoms with Gasteiger partial charge in [0.2, 0.25) is 0 Å². The summed E-state index contributed by atoms with van der Waals surface area (Å²) < 4.78 is 21.9. The Balaban J connectivity index is 2.02. The van der Waals surface area contributed by atoms with Gasteiger partial charge in [-0.1, -0.05) is 0 Å².